The van der Waals surface area contributed by atoms with Gasteiger partial charge in [-0.3, -0.25) is 14.5 Å². The van der Waals surface area contributed by atoms with Crippen LogP contribution in [0.4, 0.5) is 11.4 Å². The second kappa shape index (κ2) is 22.5. The Bertz CT molecular complexity index is 1240. The van der Waals surface area contributed by atoms with E-state index in [4.69, 9.17) is 0 Å². The van der Waals surface area contributed by atoms with Crippen LogP contribution in [0.3, 0.4) is 0 Å². The van der Waals surface area contributed by atoms with Crippen molar-refractivity contribution in [1.29, 1.82) is 0 Å². The number of carbonyl (C=O) groups is 2. The summed E-state index contributed by atoms with van der Waals surface area (Å²) in [4.78, 5) is 29.6. The van der Waals surface area contributed by atoms with Crippen LogP contribution in [0.1, 0.15) is 125 Å². The molecule has 0 spiro atoms. The fraction of sp³-hybridized carbons (Fsp3) is 0.667. The van der Waals surface area contributed by atoms with Crippen LogP contribution in [0.15, 0.2) is 36.4 Å². The molecule has 1 aliphatic heterocycles. The van der Waals surface area contributed by atoms with Gasteiger partial charge < -0.3 is 15.1 Å². The number of quaternary nitrogens is 1. The molecule has 2 aromatic rings. The number of aryl methyl sites for hydroxylation is 4. The van der Waals surface area contributed by atoms with E-state index in [9.17, 15) is 9.59 Å². The van der Waals surface area contributed by atoms with Gasteiger partial charge in [0.15, 0.2) is 6.54 Å². The van der Waals surface area contributed by atoms with E-state index in [-0.39, 0.29) is 17.9 Å². The van der Waals surface area contributed by atoms with Gasteiger partial charge in [0.1, 0.15) is 0 Å². The molecule has 1 heterocycles. The zero-order valence-corrected chi connectivity index (χ0v) is 32.7. The quantitative estimate of drug-likeness (QED) is 0.0693. The van der Waals surface area contributed by atoms with E-state index >= 15 is 0 Å². The predicted octanol–water partition coefficient (Wildman–Crippen LogP) is 9.80. The number of amides is 2. The Morgan fingerprint density at radius 3 is 1.86 bits per heavy atom. The summed E-state index contributed by atoms with van der Waals surface area (Å²) in [6.07, 6.45) is 17.5. The van der Waals surface area contributed by atoms with Crippen LogP contribution in [-0.4, -0.2) is 72.3 Å². The Morgan fingerprint density at radius 2 is 1.24 bits per heavy atom. The molecule has 0 aliphatic carbocycles. The van der Waals surface area contributed by atoms with Crippen molar-refractivity contribution in [3.63, 3.8) is 0 Å². The van der Waals surface area contributed by atoms with Crippen molar-refractivity contribution in [1.82, 2.24) is 4.90 Å². The van der Waals surface area contributed by atoms with Crippen molar-refractivity contribution < 1.29 is 14.1 Å². The van der Waals surface area contributed by atoms with Gasteiger partial charge in [0.05, 0.1) is 25.7 Å². The molecule has 0 radical (unpaired) electrons. The SMILES string of the molecule is CCCCC[N+](CCCS)(CCCCCCCCN1CCCCCCC1C(=O)Nc1c(C)cccc1C)CC(=O)Nc1c(C)cccc1C. The third-order valence-corrected chi connectivity index (χ3v) is 11.0. The lowest BCUT2D eigenvalue weighted by atomic mass is 10.00. The van der Waals surface area contributed by atoms with Gasteiger partial charge in [-0.2, -0.15) is 12.6 Å². The third kappa shape index (κ3) is 14.1. The van der Waals surface area contributed by atoms with Crippen LogP contribution in [-0.2, 0) is 9.59 Å². The smallest absolute Gasteiger partial charge is 0.279 e. The molecule has 0 bridgehead atoms. The van der Waals surface area contributed by atoms with E-state index in [2.05, 4.69) is 99.2 Å². The van der Waals surface area contributed by atoms with Gasteiger partial charge in [-0.05, 0) is 114 Å². The largest absolute Gasteiger partial charge is 0.324 e. The molecule has 2 N–H and O–H groups in total. The summed E-state index contributed by atoms with van der Waals surface area (Å²) >= 11 is 4.56. The van der Waals surface area contributed by atoms with Crippen molar-refractivity contribution in [3.05, 3.63) is 58.7 Å². The molecule has 2 unspecified atom stereocenters. The molecule has 6 nitrogen and oxygen atoms in total. The highest BCUT2D eigenvalue weighted by molar-refractivity contribution is 7.80. The molecule has 49 heavy (non-hydrogen) atoms. The van der Waals surface area contributed by atoms with Crippen molar-refractivity contribution in [3.8, 4) is 0 Å². The molecule has 7 heteroatoms. The number of likely N-dealkylation sites (tertiary alicyclic amines) is 1. The number of hydrogen-bond acceptors (Lipinski definition) is 4. The lowest BCUT2D eigenvalue weighted by Crippen LogP contribution is -2.54. The maximum atomic E-state index is 13.6. The molecule has 2 amide bonds. The lowest BCUT2D eigenvalue weighted by molar-refractivity contribution is -0.921. The highest BCUT2D eigenvalue weighted by Crippen LogP contribution is 2.24. The van der Waals surface area contributed by atoms with Gasteiger partial charge in [-0.15, -0.1) is 0 Å². The van der Waals surface area contributed by atoms with Crippen LogP contribution in [0, 0.1) is 27.7 Å². The maximum Gasteiger partial charge on any atom is 0.279 e. The lowest BCUT2D eigenvalue weighted by Gasteiger charge is -2.38. The van der Waals surface area contributed by atoms with Crippen LogP contribution in [0.25, 0.3) is 0 Å². The Kier molecular flexibility index (Phi) is 18.8. The molecule has 1 saturated heterocycles. The van der Waals surface area contributed by atoms with Gasteiger partial charge in [-0.1, -0.05) is 88.3 Å². The fourth-order valence-corrected chi connectivity index (χ4v) is 7.91. The first kappa shape index (κ1) is 41.1. The number of nitrogens with zero attached hydrogens (tertiary/aromatic N) is 2. The summed E-state index contributed by atoms with van der Waals surface area (Å²) in [5.41, 5.74) is 6.45. The number of nitrogens with one attached hydrogen (secondary N) is 2. The average Bonchev–Trinajstić information content (AvgIpc) is 3.06. The standard InChI is InChI=1S/C42H68N4O2S/c1-6-7-17-29-46(31-21-32-49,33-39(47)43-40-34(2)22-19-23-35(40)3)30-18-13-9-8-11-15-27-45-28-16-12-10-14-26-38(45)42(48)44-41-36(4)24-20-25-37(41)5/h19-20,22-25,38H,6-18,21,26-33H2,1-5H3,(H2-,43,44,47,48,49)/p+1. The Balaban J connectivity index is 1.50. The first-order valence-electron chi connectivity index (χ1n) is 19.6. The molecule has 0 aromatic heterocycles. The molecule has 274 valence electrons. The van der Waals surface area contributed by atoms with Crippen LogP contribution in [0.5, 0.6) is 0 Å². The molecule has 2 aromatic carbocycles. The molecule has 3 rings (SSSR count). The molecule has 2 atom stereocenters. The monoisotopic (exact) mass is 694 g/mol. The van der Waals surface area contributed by atoms with Gasteiger partial charge in [0, 0.05) is 17.8 Å². The van der Waals surface area contributed by atoms with Gasteiger partial charge >= 0.3 is 0 Å². The highest BCUT2D eigenvalue weighted by atomic mass is 32.1. The molecule has 1 fully saturated rings. The summed E-state index contributed by atoms with van der Waals surface area (Å²) in [5.74, 6) is 1.16. The molecule has 1 aliphatic rings. The molecular formula is C42H69N4O2S+. The zero-order chi connectivity index (χ0) is 35.5. The normalized spacial score (nSPS) is 16.8. The molecular weight excluding hydrogens is 625 g/mol. The van der Waals surface area contributed by atoms with Gasteiger partial charge in [0.25, 0.3) is 5.91 Å². The summed E-state index contributed by atoms with van der Waals surface area (Å²) in [6.45, 7) is 16.3. The van der Waals surface area contributed by atoms with E-state index in [1.54, 1.807) is 0 Å². The second-order valence-electron chi connectivity index (χ2n) is 14.9. The first-order chi connectivity index (χ1) is 23.7. The van der Waals surface area contributed by atoms with Crippen molar-refractivity contribution in [2.75, 3.05) is 55.7 Å². The summed E-state index contributed by atoms with van der Waals surface area (Å²) in [5, 5.41) is 6.59. The fourth-order valence-electron chi connectivity index (χ4n) is 7.77. The highest BCUT2D eigenvalue weighted by Gasteiger charge is 2.30. The number of anilines is 2. The summed E-state index contributed by atoms with van der Waals surface area (Å²) in [6, 6.07) is 12.4. The number of benzene rings is 2. The molecule has 0 saturated carbocycles. The van der Waals surface area contributed by atoms with E-state index in [1.165, 1.54) is 64.2 Å². The van der Waals surface area contributed by atoms with Gasteiger partial charge in [0.2, 0.25) is 5.91 Å². The topological polar surface area (TPSA) is 61.4 Å². The Hall–Kier alpha value is -2.35. The van der Waals surface area contributed by atoms with Crippen LogP contribution in [0.2, 0.25) is 0 Å². The number of carbonyl (C=O) groups excluding carboxylic acids is 2. The minimum Gasteiger partial charge on any atom is -0.324 e. The van der Waals surface area contributed by atoms with E-state index in [0.717, 1.165) is 109 Å². The van der Waals surface area contributed by atoms with Crippen LogP contribution < -0.4 is 10.6 Å². The van der Waals surface area contributed by atoms with Gasteiger partial charge in [-0.25, -0.2) is 0 Å². The van der Waals surface area contributed by atoms with Crippen molar-refractivity contribution in [2.45, 2.75) is 137 Å². The van der Waals surface area contributed by atoms with E-state index in [1.807, 2.05) is 0 Å². The minimum atomic E-state index is -0.0397. The predicted molar refractivity (Wildman–Crippen MR) is 213 cm³/mol. The number of thiol groups is 1. The average molecular weight is 694 g/mol. The summed E-state index contributed by atoms with van der Waals surface area (Å²) < 4.78 is 0.873. The van der Waals surface area contributed by atoms with E-state index in [0.29, 0.717) is 6.54 Å². The first-order valence-corrected chi connectivity index (χ1v) is 20.3. The maximum absolute atomic E-state index is 13.6. The van der Waals surface area contributed by atoms with E-state index < -0.39 is 0 Å². The third-order valence-electron chi connectivity index (χ3n) is 10.7. The minimum absolute atomic E-state index is 0.0397. The van der Waals surface area contributed by atoms with Crippen LogP contribution >= 0.6 is 12.6 Å². The summed E-state index contributed by atoms with van der Waals surface area (Å²) in [7, 11) is 0. The Morgan fingerprint density at radius 1 is 0.714 bits per heavy atom. The van der Waals surface area contributed by atoms with Crippen molar-refractivity contribution >= 4 is 35.8 Å². The van der Waals surface area contributed by atoms with Crippen molar-refractivity contribution in [2.24, 2.45) is 0 Å². The number of para-hydroxylation sites is 2. The zero-order valence-electron chi connectivity index (χ0n) is 31.8. The second-order valence-corrected chi connectivity index (χ2v) is 15.3. The number of hydrogen-bond donors (Lipinski definition) is 3. The Labute approximate surface area is 305 Å². The number of unbranched alkanes of at least 4 members (excludes halogenated alkanes) is 7. The number of rotatable bonds is 21.